The number of benzene rings is 2. The molecule has 10 heteroatoms. The van der Waals surface area contributed by atoms with E-state index in [2.05, 4.69) is 0 Å². The van der Waals surface area contributed by atoms with Crippen molar-refractivity contribution in [2.24, 2.45) is 0 Å². The molecule has 2 aliphatic rings. The van der Waals surface area contributed by atoms with Gasteiger partial charge in [-0.3, -0.25) is 4.90 Å². The minimum atomic E-state index is -1.28. The minimum Gasteiger partial charge on any atom is -0.478 e. The van der Waals surface area contributed by atoms with Crippen molar-refractivity contribution in [3.63, 3.8) is 0 Å². The largest absolute Gasteiger partial charge is 0.478 e. The van der Waals surface area contributed by atoms with Gasteiger partial charge in [-0.25, -0.2) is 18.8 Å². The molecule has 2 aromatic rings. The summed E-state index contributed by atoms with van der Waals surface area (Å²) in [5, 5.41) is 9.00. The summed E-state index contributed by atoms with van der Waals surface area (Å²) < 4.78 is 24.9. The highest BCUT2D eigenvalue weighted by atomic mass is 19.1. The van der Waals surface area contributed by atoms with Crippen LogP contribution in [0.1, 0.15) is 5.56 Å². The first-order valence-corrected chi connectivity index (χ1v) is 10.1. The number of nitrogens with zero attached hydrogens (tertiary/aromatic N) is 3. The topological polar surface area (TPSA) is 99.6 Å². The van der Waals surface area contributed by atoms with Crippen LogP contribution in [0.25, 0.3) is 0 Å². The van der Waals surface area contributed by atoms with Gasteiger partial charge in [0.25, 0.3) is 0 Å². The number of cyclic esters (lactones) is 1. The van der Waals surface area contributed by atoms with Gasteiger partial charge in [0.05, 0.1) is 17.9 Å². The maximum absolute atomic E-state index is 14.8. The Morgan fingerprint density at radius 3 is 2.44 bits per heavy atom. The number of ether oxygens (including phenoxy) is 2. The molecule has 0 bridgehead atoms. The van der Waals surface area contributed by atoms with Crippen LogP contribution >= 0.6 is 0 Å². The molecule has 0 spiro atoms. The first-order chi connectivity index (χ1) is 15.4. The molecule has 0 saturated carbocycles. The molecule has 0 unspecified atom stereocenters. The van der Waals surface area contributed by atoms with E-state index in [4.69, 9.17) is 14.6 Å². The molecule has 9 nitrogen and oxygen atoms in total. The van der Waals surface area contributed by atoms with Crippen LogP contribution in [-0.2, 0) is 20.9 Å². The first-order valence-electron chi connectivity index (χ1n) is 10.1. The lowest BCUT2D eigenvalue weighted by atomic mass is 10.2. The smallest absolute Gasteiger partial charge is 0.415 e. The fourth-order valence-corrected chi connectivity index (χ4v) is 3.66. The van der Waals surface area contributed by atoms with E-state index >= 15 is 0 Å². The van der Waals surface area contributed by atoms with Crippen LogP contribution in [0.2, 0.25) is 0 Å². The Hall–Kier alpha value is -3.82. The molecule has 0 aromatic heterocycles. The van der Waals surface area contributed by atoms with Gasteiger partial charge in [0.1, 0.15) is 12.4 Å². The molecule has 2 saturated heterocycles. The molecular formula is C22H22FN3O6. The summed E-state index contributed by atoms with van der Waals surface area (Å²) in [5.74, 6) is -1.80. The monoisotopic (exact) mass is 443 g/mol. The van der Waals surface area contributed by atoms with Gasteiger partial charge >= 0.3 is 18.2 Å². The number of rotatable bonds is 5. The van der Waals surface area contributed by atoms with Gasteiger partial charge in [0.2, 0.25) is 6.10 Å². The maximum Gasteiger partial charge on any atom is 0.415 e. The zero-order valence-corrected chi connectivity index (χ0v) is 17.1. The molecule has 4 rings (SSSR count). The van der Waals surface area contributed by atoms with Crippen molar-refractivity contribution in [3.05, 3.63) is 59.9 Å². The lowest BCUT2D eigenvalue weighted by molar-refractivity contribution is -0.144. The molecule has 2 amide bonds. The first kappa shape index (κ1) is 21.4. The lowest BCUT2D eigenvalue weighted by Gasteiger charge is -2.35. The van der Waals surface area contributed by atoms with E-state index < -0.39 is 30.1 Å². The van der Waals surface area contributed by atoms with E-state index in [1.54, 1.807) is 11.0 Å². The van der Waals surface area contributed by atoms with Crippen LogP contribution in [0.4, 0.5) is 25.4 Å². The number of amides is 2. The van der Waals surface area contributed by atoms with Gasteiger partial charge in [0.15, 0.2) is 0 Å². The van der Waals surface area contributed by atoms with Crippen molar-refractivity contribution in [1.29, 1.82) is 0 Å². The van der Waals surface area contributed by atoms with Crippen molar-refractivity contribution < 1.29 is 33.4 Å². The Labute approximate surface area is 183 Å². The summed E-state index contributed by atoms with van der Waals surface area (Å²) in [4.78, 5) is 39.7. The van der Waals surface area contributed by atoms with Gasteiger partial charge in [-0.1, -0.05) is 30.3 Å². The van der Waals surface area contributed by atoms with E-state index in [9.17, 15) is 18.8 Å². The predicted molar refractivity (Wildman–Crippen MR) is 112 cm³/mol. The highest BCUT2D eigenvalue weighted by Gasteiger charge is 2.37. The van der Waals surface area contributed by atoms with E-state index in [0.29, 0.717) is 31.9 Å². The van der Waals surface area contributed by atoms with Crippen molar-refractivity contribution in [2.75, 3.05) is 42.5 Å². The Kier molecular flexibility index (Phi) is 6.11. The van der Waals surface area contributed by atoms with Crippen LogP contribution in [0.15, 0.2) is 48.5 Å². The molecule has 0 aliphatic carbocycles. The highest BCUT2D eigenvalue weighted by molar-refractivity contribution is 5.94. The summed E-state index contributed by atoms with van der Waals surface area (Å²) >= 11 is 0. The maximum atomic E-state index is 14.8. The number of piperazine rings is 1. The Morgan fingerprint density at radius 1 is 1.09 bits per heavy atom. The number of hydrogen-bond donors (Lipinski definition) is 1. The zero-order chi connectivity index (χ0) is 22.7. The van der Waals surface area contributed by atoms with Crippen LogP contribution in [0.5, 0.6) is 0 Å². The van der Waals surface area contributed by atoms with E-state index in [1.165, 1.54) is 12.1 Å². The Morgan fingerprint density at radius 2 is 1.81 bits per heavy atom. The number of anilines is 2. The summed E-state index contributed by atoms with van der Waals surface area (Å²) in [6.07, 6.45) is -2.52. The predicted octanol–water partition coefficient (Wildman–Crippen LogP) is 2.69. The second-order valence-corrected chi connectivity index (χ2v) is 7.47. The normalized spacial score (nSPS) is 18.5. The number of carbonyl (C=O) groups is 3. The quantitative estimate of drug-likeness (QED) is 0.759. The van der Waals surface area contributed by atoms with Crippen LogP contribution in [0.3, 0.4) is 0 Å². The van der Waals surface area contributed by atoms with E-state index in [1.807, 2.05) is 35.2 Å². The van der Waals surface area contributed by atoms with Crippen molar-refractivity contribution in [1.82, 2.24) is 4.90 Å². The summed E-state index contributed by atoms with van der Waals surface area (Å²) in [5.41, 5.74) is 1.47. The number of aliphatic carboxylic acids is 1. The highest BCUT2D eigenvalue weighted by Crippen LogP contribution is 2.28. The minimum absolute atomic E-state index is 0.184. The van der Waals surface area contributed by atoms with Gasteiger partial charge < -0.3 is 24.4 Å². The fourth-order valence-electron chi connectivity index (χ4n) is 3.66. The lowest BCUT2D eigenvalue weighted by Crippen LogP contribution is -2.49. The third-order valence-electron chi connectivity index (χ3n) is 5.41. The molecule has 1 atom stereocenters. The molecule has 2 aromatic carbocycles. The fraction of sp³-hybridized carbons (Fsp3) is 0.318. The number of hydrogen-bond acceptors (Lipinski definition) is 6. The standard InChI is InChI=1S/C22H22FN3O6/c23-17-12-16(26-13-19(20(27)28)32-22(26)30)6-7-18(17)24-8-10-25(11-9-24)21(29)31-14-15-4-2-1-3-5-15/h1-7,12,19H,8-11,13-14H2,(H,27,28)/t19-/m1/s1. The molecular weight excluding hydrogens is 421 g/mol. The molecule has 2 heterocycles. The summed E-state index contributed by atoms with van der Waals surface area (Å²) in [7, 11) is 0. The van der Waals surface area contributed by atoms with Gasteiger partial charge in [0, 0.05) is 26.2 Å². The molecule has 0 radical (unpaired) electrons. The number of carboxylic acids is 1. The van der Waals surface area contributed by atoms with E-state index in [-0.39, 0.29) is 18.8 Å². The number of halogens is 1. The third-order valence-corrected chi connectivity index (χ3v) is 5.41. The third kappa shape index (κ3) is 4.58. The van der Waals surface area contributed by atoms with Crippen molar-refractivity contribution in [3.8, 4) is 0 Å². The summed E-state index contributed by atoms with van der Waals surface area (Å²) in [6, 6.07) is 13.7. The molecule has 168 valence electrons. The molecule has 2 fully saturated rings. The van der Waals surface area contributed by atoms with Gasteiger partial charge in [-0.15, -0.1) is 0 Å². The second-order valence-electron chi connectivity index (χ2n) is 7.47. The van der Waals surface area contributed by atoms with Gasteiger partial charge in [-0.2, -0.15) is 0 Å². The zero-order valence-electron chi connectivity index (χ0n) is 17.1. The average molecular weight is 443 g/mol. The molecule has 1 N–H and O–H groups in total. The van der Waals surface area contributed by atoms with Crippen LogP contribution < -0.4 is 9.80 Å². The molecule has 2 aliphatic heterocycles. The van der Waals surface area contributed by atoms with Gasteiger partial charge in [-0.05, 0) is 23.8 Å². The van der Waals surface area contributed by atoms with Crippen LogP contribution in [0, 0.1) is 5.82 Å². The van der Waals surface area contributed by atoms with Crippen molar-refractivity contribution in [2.45, 2.75) is 12.7 Å². The average Bonchev–Trinajstić information content (AvgIpc) is 3.20. The van der Waals surface area contributed by atoms with Crippen molar-refractivity contribution >= 4 is 29.5 Å². The summed E-state index contributed by atoms with van der Waals surface area (Å²) in [6.45, 7) is 1.61. The second kappa shape index (κ2) is 9.13. The molecule has 32 heavy (non-hydrogen) atoms. The number of carboxylic acid groups (broad SMARTS) is 1. The van der Waals surface area contributed by atoms with Crippen LogP contribution in [-0.4, -0.2) is 67.0 Å². The number of carbonyl (C=O) groups excluding carboxylic acids is 2. The Bertz CT molecular complexity index is 1010. The Balaban J connectivity index is 1.33. The van der Waals surface area contributed by atoms with E-state index in [0.717, 1.165) is 10.5 Å². The SMILES string of the molecule is O=C(O)[C@H]1CN(c2ccc(N3CCN(C(=O)OCc4ccccc4)CC3)c(F)c2)C(=O)O1.